The molecule has 0 saturated heterocycles. The van der Waals surface area contributed by atoms with Crippen LogP contribution < -0.4 is 4.72 Å². The van der Waals surface area contributed by atoms with Crippen molar-refractivity contribution in [2.24, 2.45) is 0 Å². The lowest BCUT2D eigenvalue weighted by molar-refractivity contribution is 0.0761. The zero-order valence-corrected chi connectivity index (χ0v) is 15.8. The number of aryl methyl sites for hydroxylation is 1. The highest BCUT2D eigenvalue weighted by Crippen LogP contribution is 2.26. The largest absolute Gasteiger partial charge is 0.372 e. The lowest BCUT2D eigenvalue weighted by Gasteiger charge is -2.07. The molecule has 0 spiro atoms. The van der Waals surface area contributed by atoms with Gasteiger partial charge in [0.2, 0.25) is 0 Å². The standard InChI is InChI=1S/C15H17ClN2O4S2/c1-4-22-10(3)15-17-9(2)13(23-15)14(19)18-24(20,21)12-7-5-11(16)6-8-12/h5-8,10H,4H2,1-3H3,(H,18,19)/t10-/m1/s1. The van der Waals surface area contributed by atoms with E-state index in [1.54, 1.807) is 6.92 Å². The minimum Gasteiger partial charge on any atom is -0.372 e. The zero-order valence-electron chi connectivity index (χ0n) is 13.4. The van der Waals surface area contributed by atoms with E-state index >= 15 is 0 Å². The number of amides is 1. The van der Waals surface area contributed by atoms with Crippen LogP contribution in [0.2, 0.25) is 5.02 Å². The third-order valence-electron chi connectivity index (χ3n) is 3.13. The normalized spacial score (nSPS) is 12.8. The van der Waals surface area contributed by atoms with Gasteiger partial charge in [-0.25, -0.2) is 18.1 Å². The first-order valence-electron chi connectivity index (χ1n) is 7.16. The average molecular weight is 389 g/mol. The van der Waals surface area contributed by atoms with Crippen molar-refractivity contribution in [1.82, 2.24) is 9.71 Å². The molecular formula is C15H17ClN2O4S2. The third kappa shape index (κ3) is 4.32. The molecule has 1 aromatic carbocycles. The van der Waals surface area contributed by atoms with Crippen LogP contribution in [-0.2, 0) is 14.8 Å². The molecular weight excluding hydrogens is 372 g/mol. The van der Waals surface area contributed by atoms with Crippen LogP contribution in [0, 0.1) is 6.92 Å². The lowest BCUT2D eigenvalue weighted by atomic mass is 10.4. The van der Waals surface area contributed by atoms with E-state index < -0.39 is 15.9 Å². The van der Waals surface area contributed by atoms with E-state index in [1.165, 1.54) is 24.3 Å². The summed E-state index contributed by atoms with van der Waals surface area (Å²) in [7, 11) is -3.97. The first kappa shape index (κ1) is 18.9. The second-order valence-corrected chi connectivity index (χ2v) is 8.10. The quantitative estimate of drug-likeness (QED) is 0.820. The maximum absolute atomic E-state index is 12.3. The molecule has 0 saturated carbocycles. The molecule has 0 aliphatic heterocycles. The first-order chi connectivity index (χ1) is 11.2. The van der Waals surface area contributed by atoms with Gasteiger partial charge in [-0.1, -0.05) is 11.6 Å². The van der Waals surface area contributed by atoms with Crippen molar-refractivity contribution < 1.29 is 17.9 Å². The van der Waals surface area contributed by atoms with Crippen molar-refractivity contribution in [3.8, 4) is 0 Å². The fraction of sp³-hybridized carbons (Fsp3) is 0.333. The number of carbonyl (C=O) groups excluding carboxylic acids is 1. The number of halogens is 1. The number of rotatable bonds is 6. The summed E-state index contributed by atoms with van der Waals surface area (Å²) in [6, 6.07) is 5.56. The van der Waals surface area contributed by atoms with Crippen LogP contribution in [0.4, 0.5) is 0 Å². The van der Waals surface area contributed by atoms with Gasteiger partial charge in [-0.05, 0) is 45.0 Å². The maximum Gasteiger partial charge on any atom is 0.276 e. The SMILES string of the molecule is CCO[C@H](C)c1nc(C)c(C(=O)NS(=O)(=O)c2ccc(Cl)cc2)s1. The molecule has 1 heterocycles. The van der Waals surface area contributed by atoms with Crippen molar-refractivity contribution in [2.45, 2.75) is 31.8 Å². The summed E-state index contributed by atoms with van der Waals surface area (Å²) in [6.45, 7) is 5.87. The molecule has 0 fully saturated rings. The summed E-state index contributed by atoms with van der Waals surface area (Å²) >= 11 is 6.86. The fourth-order valence-corrected chi connectivity index (χ4v) is 4.08. The van der Waals surface area contributed by atoms with Crippen molar-refractivity contribution in [3.63, 3.8) is 0 Å². The van der Waals surface area contributed by atoms with Gasteiger partial charge >= 0.3 is 0 Å². The Morgan fingerprint density at radius 2 is 2.00 bits per heavy atom. The number of nitrogens with zero attached hydrogens (tertiary/aromatic N) is 1. The van der Waals surface area contributed by atoms with Crippen molar-refractivity contribution in [3.05, 3.63) is 44.9 Å². The van der Waals surface area contributed by atoms with Crippen molar-refractivity contribution in [2.75, 3.05) is 6.61 Å². The Morgan fingerprint density at radius 1 is 1.38 bits per heavy atom. The number of hydrogen-bond donors (Lipinski definition) is 1. The van der Waals surface area contributed by atoms with Crippen LogP contribution in [0.1, 0.15) is 40.3 Å². The molecule has 1 atom stereocenters. The number of nitrogens with one attached hydrogen (secondary N) is 1. The van der Waals surface area contributed by atoms with Gasteiger partial charge < -0.3 is 4.74 Å². The average Bonchev–Trinajstić information content (AvgIpc) is 2.90. The van der Waals surface area contributed by atoms with Gasteiger partial charge in [0, 0.05) is 11.6 Å². The van der Waals surface area contributed by atoms with E-state index in [2.05, 4.69) is 9.71 Å². The highest BCUT2D eigenvalue weighted by atomic mass is 35.5. The van der Waals surface area contributed by atoms with Gasteiger partial charge in [0.05, 0.1) is 10.6 Å². The van der Waals surface area contributed by atoms with Crippen LogP contribution in [0.25, 0.3) is 0 Å². The number of hydrogen-bond acceptors (Lipinski definition) is 6. The van der Waals surface area contributed by atoms with E-state index in [-0.39, 0.29) is 15.9 Å². The van der Waals surface area contributed by atoms with Gasteiger partial charge in [0.25, 0.3) is 15.9 Å². The molecule has 6 nitrogen and oxygen atoms in total. The van der Waals surface area contributed by atoms with Gasteiger partial charge in [-0.15, -0.1) is 11.3 Å². The van der Waals surface area contributed by atoms with E-state index in [1.807, 2.05) is 13.8 Å². The van der Waals surface area contributed by atoms with E-state index in [4.69, 9.17) is 16.3 Å². The Hall–Kier alpha value is -1.48. The van der Waals surface area contributed by atoms with Gasteiger partial charge in [0.15, 0.2) is 0 Å². The molecule has 0 aliphatic rings. The molecule has 1 N–H and O–H groups in total. The highest BCUT2D eigenvalue weighted by molar-refractivity contribution is 7.90. The number of benzene rings is 1. The van der Waals surface area contributed by atoms with Gasteiger partial charge in [-0.3, -0.25) is 4.79 Å². The Morgan fingerprint density at radius 3 is 2.58 bits per heavy atom. The number of sulfonamides is 1. The molecule has 2 aromatic rings. The van der Waals surface area contributed by atoms with E-state index in [0.717, 1.165) is 11.3 Å². The summed E-state index contributed by atoms with van der Waals surface area (Å²) in [4.78, 5) is 16.8. The fourth-order valence-electron chi connectivity index (χ4n) is 1.96. The van der Waals surface area contributed by atoms with Gasteiger partial charge in [-0.2, -0.15) is 0 Å². The molecule has 0 radical (unpaired) electrons. The summed E-state index contributed by atoms with van der Waals surface area (Å²) in [5.74, 6) is -0.713. The maximum atomic E-state index is 12.3. The smallest absolute Gasteiger partial charge is 0.276 e. The second kappa shape index (κ2) is 7.60. The summed E-state index contributed by atoms with van der Waals surface area (Å²) in [6.07, 6.45) is -0.256. The Balaban J connectivity index is 2.22. The molecule has 1 aromatic heterocycles. The van der Waals surface area contributed by atoms with Crippen LogP contribution >= 0.6 is 22.9 Å². The van der Waals surface area contributed by atoms with Crippen LogP contribution in [-0.4, -0.2) is 25.9 Å². The Labute approximate surface area is 149 Å². The molecule has 2 rings (SSSR count). The monoisotopic (exact) mass is 388 g/mol. The second-order valence-electron chi connectivity index (χ2n) is 4.95. The number of thiazole rings is 1. The van der Waals surface area contributed by atoms with Crippen LogP contribution in [0.3, 0.4) is 0 Å². The molecule has 1 amide bonds. The third-order valence-corrected chi connectivity index (χ3v) is 6.05. The molecule has 24 heavy (non-hydrogen) atoms. The first-order valence-corrected chi connectivity index (χ1v) is 9.84. The minimum absolute atomic E-state index is 0.0367. The van der Waals surface area contributed by atoms with E-state index in [9.17, 15) is 13.2 Å². The summed E-state index contributed by atoms with van der Waals surface area (Å²) < 4.78 is 32.0. The molecule has 0 aliphatic carbocycles. The number of aromatic nitrogens is 1. The Kier molecular flexibility index (Phi) is 5.97. The lowest BCUT2D eigenvalue weighted by Crippen LogP contribution is -2.30. The predicted octanol–water partition coefficient (Wildman–Crippen LogP) is 3.32. The van der Waals surface area contributed by atoms with Crippen molar-refractivity contribution in [1.29, 1.82) is 0 Å². The number of carbonyl (C=O) groups is 1. The molecule has 0 unspecified atom stereocenters. The van der Waals surface area contributed by atoms with Crippen LogP contribution in [0.5, 0.6) is 0 Å². The van der Waals surface area contributed by atoms with Crippen molar-refractivity contribution >= 4 is 38.9 Å². The summed E-state index contributed by atoms with van der Waals surface area (Å²) in [5, 5.41) is 1.04. The molecule has 9 heteroatoms. The predicted molar refractivity (Wildman–Crippen MR) is 93.0 cm³/mol. The number of ether oxygens (including phenoxy) is 1. The summed E-state index contributed by atoms with van der Waals surface area (Å²) in [5.41, 5.74) is 0.463. The minimum atomic E-state index is -3.97. The molecule has 130 valence electrons. The van der Waals surface area contributed by atoms with Crippen LogP contribution in [0.15, 0.2) is 29.2 Å². The topological polar surface area (TPSA) is 85.4 Å². The van der Waals surface area contributed by atoms with Gasteiger partial charge in [0.1, 0.15) is 16.0 Å². The zero-order chi connectivity index (χ0) is 17.9. The molecule has 0 bridgehead atoms. The highest BCUT2D eigenvalue weighted by Gasteiger charge is 2.23. The van der Waals surface area contributed by atoms with E-state index in [0.29, 0.717) is 22.3 Å². The Bertz CT molecular complexity index is 832.